The molecule has 2 aliphatic heterocycles. The van der Waals surface area contributed by atoms with E-state index in [1.165, 1.54) is 6.07 Å². The second kappa shape index (κ2) is 5.26. The van der Waals surface area contributed by atoms with Gasteiger partial charge in [0, 0.05) is 19.1 Å². The molecular formula is C16H19F3N2O. The topological polar surface area (TPSA) is 32.3 Å². The number of halogens is 3. The van der Waals surface area contributed by atoms with Gasteiger partial charge in [-0.25, -0.2) is 0 Å². The van der Waals surface area contributed by atoms with Crippen LogP contribution >= 0.6 is 0 Å². The van der Waals surface area contributed by atoms with E-state index in [0.717, 1.165) is 12.5 Å². The van der Waals surface area contributed by atoms with Crippen LogP contribution in [0.3, 0.4) is 0 Å². The Morgan fingerprint density at radius 1 is 1.32 bits per heavy atom. The van der Waals surface area contributed by atoms with Crippen molar-refractivity contribution in [2.45, 2.75) is 38.5 Å². The van der Waals surface area contributed by atoms with Gasteiger partial charge in [-0.3, -0.25) is 4.79 Å². The van der Waals surface area contributed by atoms with Crippen molar-refractivity contribution in [3.63, 3.8) is 0 Å². The Morgan fingerprint density at radius 3 is 2.68 bits per heavy atom. The molecule has 0 aliphatic carbocycles. The average molecular weight is 312 g/mol. The fourth-order valence-electron chi connectivity index (χ4n) is 3.60. The van der Waals surface area contributed by atoms with Crippen molar-refractivity contribution in [3.8, 4) is 0 Å². The molecule has 1 fully saturated rings. The van der Waals surface area contributed by atoms with E-state index in [4.69, 9.17) is 0 Å². The number of hydrogen-bond donors (Lipinski definition) is 1. The van der Waals surface area contributed by atoms with Gasteiger partial charge in [-0.15, -0.1) is 0 Å². The summed E-state index contributed by atoms with van der Waals surface area (Å²) in [6, 6.07) is 3.69. The van der Waals surface area contributed by atoms with Crippen LogP contribution in [0.5, 0.6) is 0 Å². The summed E-state index contributed by atoms with van der Waals surface area (Å²) in [7, 11) is 0. The Morgan fingerprint density at radius 2 is 2.05 bits per heavy atom. The summed E-state index contributed by atoms with van der Waals surface area (Å²) in [5, 5.41) is 3.26. The van der Waals surface area contributed by atoms with Gasteiger partial charge in [0.15, 0.2) is 0 Å². The zero-order valence-electron chi connectivity index (χ0n) is 12.6. The molecule has 0 radical (unpaired) electrons. The van der Waals surface area contributed by atoms with Crippen molar-refractivity contribution < 1.29 is 18.0 Å². The summed E-state index contributed by atoms with van der Waals surface area (Å²) in [6.45, 7) is 5.25. The summed E-state index contributed by atoms with van der Waals surface area (Å²) in [5.74, 6) is -0.0933. The second-order valence-corrected chi connectivity index (χ2v) is 6.44. The number of rotatable bonds is 2. The van der Waals surface area contributed by atoms with Crippen LogP contribution in [0.15, 0.2) is 18.2 Å². The summed E-state index contributed by atoms with van der Waals surface area (Å²) in [5.41, 5.74) is -0.467. The second-order valence-electron chi connectivity index (χ2n) is 6.44. The number of benzene rings is 1. The third kappa shape index (κ3) is 2.39. The molecule has 1 aromatic carbocycles. The fraction of sp³-hybridized carbons (Fsp3) is 0.562. The Hall–Kier alpha value is -1.56. The van der Waals surface area contributed by atoms with Crippen molar-refractivity contribution >= 4 is 5.91 Å². The van der Waals surface area contributed by atoms with Gasteiger partial charge >= 0.3 is 6.18 Å². The van der Waals surface area contributed by atoms with Gasteiger partial charge in [0.05, 0.1) is 17.2 Å². The molecule has 0 spiro atoms. The van der Waals surface area contributed by atoms with Gasteiger partial charge < -0.3 is 10.2 Å². The van der Waals surface area contributed by atoms with Crippen LogP contribution in [0.4, 0.5) is 13.2 Å². The number of hydrogen-bond acceptors (Lipinski definition) is 2. The smallest absolute Gasteiger partial charge is 0.326 e. The Bertz CT molecular complexity index is 598. The minimum atomic E-state index is -4.50. The number of carbonyl (C=O) groups excluding carboxylic acids is 1. The quantitative estimate of drug-likeness (QED) is 0.909. The Kier molecular flexibility index (Phi) is 3.67. The van der Waals surface area contributed by atoms with E-state index in [1.807, 2.05) is 0 Å². The molecule has 1 N–H and O–H groups in total. The van der Waals surface area contributed by atoms with E-state index in [1.54, 1.807) is 11.0 Å². The maximum Gasteiger partial charge on any atom is 0.417 e. The van der Waals surface area contributed by atoms with Crippen molar-refractivity contribution in [2.24, 2.45) is 5.92 Å². The van der Waals surface area contributed by atoms with Gasteiger partial charge in [0.2, 0.25) is 0 Å². The highest BCUT2D eigenvalue weighted by atomic mass is 19.4. The highest BCUT2D eigenvalue weighted by molar-refractivity contribution is 6.01. The average Bonchev–Trinajstić information content (AvgIpc) is 2.72. The first-order chi connectivity index (χ1) is 10.3. The van der Waals surface area contributed by atoms with Gasteiger partial charge in [0.25, 0.3) is 5.91 Å². The molecule has 3 nitrogen and oxygen atoms in total. The van der Waals surface area contributed by atoms with Crippen molar-refractivity contribution in [2.75, 3.05) is 13.1 Å². The van der Waals surface area contributed by atoms with Crippen LogP contribution in [0, 0.1) is 5.92 Å². The first-order valence-corrected chi connectivity index (χ1v) is 7.54. The lowest BCUT2D eigenvalue weighted by Crippen LogP contribution is -2.52. The minimum Gasteiger partial charge on any atom is -0.326 e. The Labute approximate surface area is 127 Å². The number of fused-ring (bicyclic) bond motifs is 3. The van der Waals surface area contributed by atoms with Crippen LogP contribution in [0.25, 0.3) is 0 Å². The molecule has 0 bridgehead atoms. The summed E-state index contributed by atoms with van der Waals surface area (Å²) in [6.07, 6.45) is -3.72. The van der Waals surface area contributed by atoms with E-state index in [9.17, 15) is 18.0 Å². The zero-order chi connectivity index (χ0) is 16.1. The maximum absolute atomic E-state index is 13.2. The van der Waals surface area contributed by atoms with Gasteiger partial charge in [-0.1, -0.05) is 26.0 Å². The first-order valence-electron chi connectivity index (χ1n) is 7.54. The highest BCUT2D eigenvalue weighted by Crippen LogP contribution is 2.43. The normalized spacial score (nSPS) is 24.6. The summed E-state index contributed by atoms with van der Waals surface area (Å²) < 4.78 is 39.6. The number of nitrogens with one attached hydrogen (secondary N) is 1. The molecular weight excluding hydrogens is 293 g/mol. The van der Waals surface area contributed by atoms with Crippen LogP contribution in [0.1, 0.15) is 47.8 Å². The molecule has 3 rings (SSSR count). The number of alkyl halides is 3. The maximum atomic E-state index is 13.2. The molecule has 0 aromatic heterocycles. The molecule has 1 aromatic rings. The third-order valence-corrected chi connectivity index (χ3v) is 4.40. The van der Waals surface area contributed by atoms with Crippen LogP contribution < -0.4 is 5.32 Å². The number of carbonyl (C=O) groups is 1. The molecule has 2 aliphatic rings. The standard InChI is InChI=1S/C16H19F3N2O/c1-9(2)6-10-7-20-8-13-11-4-3-5-12(16(17,18)19)14(11)15(22)21(10)13/h3-5,9-10,13,20H,6-8H2,1-2H3/t10-,13-/m0/s1. The highest BCUT2D eigenvalue weighted by Gasteiger charge is 2.47. The molecule has 0 saturated carbocycles. The monoisotopic (exact) mass is 312 g/mol. The number of amides is 1. The fourth-order valence-corrected chi connectivity index (χ4v) is 3.60. The molecule has 1 amide bonds. The predicted octanol–water partition coefficient (Wildman–Crippen LogP) is 3.22. The number of piperazine rings is 1. The van der Waals surface area contributed by atoms with E-state index in [0.29, 0.717) is 24.6 Å². The van der Waals surface area contributed by atoms with Crippen molar-refractivity contribution in [1.82, 2.24) is 10.2 Å². The molecule has 120 valence electrons. The molecule has 2 atom stereocenters. The van der Waals surface area contributed by atoms with E-state index >= 15 is 0 Å². The predicted molar refractivity (Wildman–Crippen MR) is 76.5 cm³/mol. The van der Waals surface area contributed by atoms with Crippen LogP contribution in [0.2, 0.25) is 0 Å². The van der Waals surface area contributed by atoms with E-state index < -0.39 is 17.6 Å². The van der Waals surface area contributed by atoms with Gasteiger partial charge in [0.1, 0.15) is 0 Å². The van der Waals surface area contributed by atoms with Gasteiger partial charge in [-0.2, -0.15) is 13.2 Å². The SMILES string of the molecule is CC(C)C[C@H]1CNC[C@H]2c3cccc(C(F)(F)F)c3C(=O)N12. The van der Waals surface area contributed by atoms with Crippen molar-refractivity contribution in [3.05, 3.63) is 34.9 Å². The van der Waals surface area contributed by atoms with Crippen LogP contribution in [-0.2, 0) is 6.18 Å². The van der Waals surface area contributed by atoms with E-state index in [2.05, 4.69) is 19.2 Å². The minimum absolute atomic E-state index is 0.0558. The van der Waals surface area contributed by atoms with Crippen molar-refractivity contribution in [1.29, 1.82) is 0 Å². The summed E-state index contributed by atoms with van der Waals surface area (Å²) in [4.78, 5) is 14.4. The summed E-state index contributed by atoms with van der Waals surface area (Å²) >= 11 is 0. The lowest BCUT2D eigenvalue weighted by Gasteiger charge is -2.39. The first kappa shape index (κ1) is 15.3. The molecule has 0 unspecified atom stereocenters. The molecule has 2 heterocycles. The molecule has 6 heteroatoms. The largest absolute Gasteiger partial charge is 0.417 e. The molecule has 22 heavy (non-hydrogen) atoms. The lowest BCUT2D eigenvalue weighted by molar-refractivity contribution is -0.137. The molecule has 1 saturated heterocycles. The van der Waals surface area contributed by atoms with Crippen LogP contribution in [-0.4, -0.2) is 29.9 Å². The zero-order valence-corrected chi connectivity index (χ0v) is 12.6. The Balaban J connectivity index is 2.05. The third-order valence-electron chi connectivity index (χ3n) is 4.40. The lowest BCUT2D eigenvalue weighted by atomic mass is 9.96. The van der Waals surface area contributed by atoms with E-state index in [-0.39, 0.29) is 17.6 Å². The van der Waals surface area contributed by atoms with Gasteiger partial charge in [-0.05, 0) is 24.0 Å². The number of nitrogens with zero attached hydrogens (tertiary/aromatic N) is 1.